The zero-order valence-corrected chi connectivity index (χ0v) is 20.3. The summed E-state index contributed by atoms with van der Waals surface area (Å²) >= 11 is -0.305. The van der Waals surface area contributed by atoms with Crippen LogP contribution in [0.5, 0.6) is 0 Å². The fourth-order valence-corrected chi connectivity index (χ4v) is 24.2. The van der Waals surface area contributed by atoms with Crippen molar-refractivity contribution < 1.29 is 4.42 Å². The molecule has 0 saturated carbocycles. The predicted octanol–water partition coefficient (Wildman–Crippen LogP) is 6.47. The number of aromatic nitrogens is 2. The molecule has 2 aromatic heterocycles. The molecule has 0 aromatic carbocycles. The molecule has 0 aliphatic carbocycles. The fourth-order valence-electron chi connectivity index (χ4n) is 3.65. The molecular weight excluding hydrogens is 435 g/mol. The second-order valence-corrected chi connectivity index (χ2v) is 22.7. The van der Waals surface area contributed by atoms with E-state index in [2.05, 4.69) is 44.0 Å². The van der Waals surface area contributed by atoms with E-state index >= 15 is 0 Å². The van der Waals surface area contributed by atoms with Gasteiger partial charge in [0.15, 0.2) is 0 Å². The Labute approximate surface area is 161 Å². The topological polar surface area (TPSA) is 38.9 Å². The van der Waals surface area contributed by atoms with Crippen molar-refractivity contribution in [2.45, 2.75) is 86.5 Å². The summed E-state index contributed by atoms with van der Waals surface area (Å²) in [7, 11) is 0. The first-order valence-electron chi connectivity index (χ1n) is 9.97. The van der Waals surface area contributed by atoms with Crippen LogP contribution in [-0.4, -0.2) is 28.6 Å². The maximum absolute atomic E-state index is 5.73. The van der Waals surface area contributed by atoms with Crippen molar-refractivity contribution in [1.82, 2.24) is 10.2 Å². The fraction of sp³-hybridized carbons (Fsp3) is 0.700. The van der Waals surface area contributed by atoms with Crippen molar-refractivity contribution in [1.29, 1.82) is 0 Å². The number of hydrogen-bond acceptors (Lipinski definition) is 4. The van der Waals surface area contributed by atoms with Gasteiger partial charge < -0.3 is 0 Å². The monoisotopic (exact) mass is 470 g/mol. The van der Waals surface area contributed by atoms with Crippen LogP contribution in [-0.2, 0) is 0 Å². The van der Waals surface area contributed by atoms with E-state index in [1.165, 1.54) is 62.3 Å². The third-order valence-electron chi connectivity index (χ3n) is 5.22. The van der Waals surface area contributed by atoms with E-state index in [1.807, 2.05) is 18.3 Å². The SMILES string of the molecule is CCC[CH2][Sn]([CH2]CCC)([CH2]CCC)[c]1cc(-c2nnc(C)o2)c(C)s1. The molecule has 0 aliphatic rings. The average Bonchev–Trinajstić information content (AvgIpc) is 3.20. The van der Waals surface area contributed by atoms with Crippen LogP contribution in [0.2, 0.25) is 13.3 Å². The van der Waals surface area contributed by atoms with Gasteiger partial charge in [0.25, 0.3) is 0 Å². The van der Waals surface area contributed by atoms with Gasteiger partial charge in [-0.1, -0.05) is 0 Å². The Balaban J connectivity index is 2.40. The van der Waals surface area contributed by atoms with Gasteiger partial charge in [-0.25, -0.2) is 0 Å². The number of unbranched alkanes of at least 4 members (excludes halogenated alkanes) is 3. The Morgan fingerprint density at radius 1 is 0.920 bits per heavy atom. The Morgan fingerprint density at radius 2 is 1.48 bits per heavy atom. The molecule has 0 fully saturated rings. The number of hydrogen-bond donors (Lipinski definition) is 0. The standard InChI is InChI=1S/C8H7N2OS.3C4H9.Sn/c1-5-7(3-4-12-5)8-10-9-6(2)11-8;3*1-3-4-2;/h3H,1-2H3;3*1,3-4H2,2H3;. The molecule has 2 aromatic rings. The first-order chi connectivity index (χ1) is 12.1. The van der Waals surface area contributed by atoms with Gasteiger partial charge in [-0.3, -0.25) is 0 Å². The summed E-state index contributed by atoms with van der Waals surface area (Å²) < 4.78 is 12.0. The molecule has 0 spiro atoms. The molecule has 0 amide bonds. The second-order valence-electron chi connectivity index (χ2n) is 7.30. The van der Waals surface area contributed by atoms with Crippen molar-refractivity contribution >= 4 is 32.6 Å². The van der Waals surface area contributed by atoms with E-state index in [9.17, 15) is 0 Å². The third kappa shape index (κ3) is 5.31. The molecule has 0 unspecified atom stereocenters. The van der Waals surface area contributed by atoms with E-state index in [4.69, 9.17) is 4.42 Å². The van der Waals surface area contributed by atoms with Crippen LogP contribution in [0.25, 0.3) is 11.5 Å². The summed E-state index contributed by atoms with van der Waals surface area (Å²) in [6, 6.07) is 2.45. The Hall–Kier alpha value is -0.361. The summed E-state index contributed by atoms with van der Waals surface area (Å²) in [5, 5.41) is 8.30. The zero-order valence-electron chi connectivity index (χ0n) is 16.7. The van der Waals surface area contributed by atoms with Crippen LogP contribution in [0.4, 0.5) is 0 Å². The van der Waals surface area contributed by atoms with Gasteiger partial charge in [-0.15, -0.1) is 0 Å². The van der Waals surface area contributed by atoms with Gasteiger partial charge in [0.2, 0.25) is 0 Å². The van der Waals surface area contributed by atoms with Crippen molar-refractivity contribution in [3.63, 3.8) is 0 Å². The molecule has 0 radical (unpaired) electrons. The molecule has 0 bridgehead atoms. The molecule has 25 heavy (non-hydrogen) atoms. The summed E-state index contributed by atoms with van der Waals surface area (Å²) in [5.74, 6) is 1.36. The molecular formula is C20H34N2OSSn. The Morgan fingerprint density at radius 3 is 1.92 bits per heavy atom. The van der Waals surface area contributed by atoms with Crippen LogP contribution in [0.1, 0.15) is 70.1 Å². The number of thiophene rings is 1. The molecule has 2 rings (SSSR count). The minimum atomic E-state index is -2.35. The summed E-state index contributed by atoms with van der Waals surface area (Å²) in [6.07, 6.45) is 8.14. The van der Waals surface area contributed by atoms with E-state index in [1.54, 1.807) is 2.89 Å². The molecule has 0 aliphatic heterocycles. The third-order valence-corrected chi connectivity index (χ3v) is 24.5. The quantitative estimate of drug-likeness (QED) is 0.354. The van der Waals surface area contributed by atoms with Crippen molar-refractivity contribution in [2.75, 3.05) is 0 Å². The van der Waals surface area contributed by atoms with E-state index < -0.39 is 18.4 Å². The van der Waals surface area contributed by atoms with Crippen LogP contribution in [0, 0.1) is 13.8 Å². The molecule has 2 heterocycles. The van der Waals surface area contributed by atoms with Gasteiger partial charge in [0.1, 0.15) is 0 Å². The van der Waals surface area contributed by atoms with Crippen LogP contribution >= 0.6 is 11.3 Å². The molecule has 3 nitrogen and oxygen atoms in total. The van der Waals surface area contributed by atoms with Gasteiger partial charge in [-0.2, -0.15) is 0 Å². The number of aryl methyl sites for hydroxylation is 2. The van der Waals surface area contributed by atoms with E-state index in [0.717, 1.165) is 0 Å². The molecule has 5 heteroatoms. The number of rotatable bonds is 11. The number of nitrogens with zero attached hydrogens (tertiary/aromatic N) is 2. The van der Waals surface area contributed by atoms with Crippen molar-refractivity contribution in [3.05, 3.63) is 16.8 Å². The van der Waals surface area contributed by atoms with Gasteiger partial charge in [0.05, 0.1) is 0 Å². The summed E-state index contributed by atoms with van der Waals surface area (Å²) in [4.78, 5) is 1.35. The van der Waals surface area contributed by atoms with Crippen LogP contribution < -0.4 is 2.89 Å². The van der Waals surface area contributed by atoms with Crippen LogP contribution in [0.15, 0.2) is 10.5 Å². The molecule has 0 atom stereocenters. The minimum absolute atomic E-state index is 0.653. The first-order valence-corrected chi connectivity index (χ1v) is 18.3. The Bertz CT molecular complexity index is 628. The molecule has 0 saturated heterocycles. The van der Waals surface area contributed by atoms with Crippen LogP contribution in [0.3, 0.4) is 0 Å². The summed E-state index contributed by atoms with van der Waals surface area (Å²) in [6.45, 7) is 11.1. The van der Waals surface area contributed by atoms with Gasteiger partial charge >= 0.3 is 162 Å². The predicted molar refractivity (Wildman–Crippen MR) is 112 cm³/mol. The zero-order chi connectivity index (χ0) is 18.3. The maximum atomic E-state index is 5.73. The average molecular weight is 469 g/mol. The molecule has 140 valence electrons. The summed E-state index contributed by atoms with van der Waals surface area (Å²) in [5.41, 5.74) is 1.19. The van der Waals surface area contributed by atoms with Crippen molar-refractivity contribution in [3.8, 4) is 11.5 Å². The van der Waals surface area contributed by atoms with E-state index in [0.29, 0.717) is 11.8 Å². The molecule has 0 N–H and O–H groups in total. The van der Waals surface area contributed by atoms with E-state index in [-0.39, 0.29) is 0 Å². The Kier molecular flexibility index (Phi) is 8.46. The van der Waals surface area contributed by atoms with Gasteiger partial charge in [0, 0.05) is 0 Å². The normalized spacial score (nSPS) is 12.0. The second kappa shape index (κ2) is 10.1. The van der Waals surface area contributed by atoms with Crippen molar-refractivity contribution in [2.24, 2.45) is 0 Å². The van der Waals surface area contributed by atoms with Gasteiger partial charge in [-0.05, 0) is 0 Å². The first kappa shape index (κ1) is 20.9.